The Morgan fingerprint density at radius 1 is 0.711 bits per heavy atom. The van der Waals surface area contributed by atoms with Crippen molar-refractivity contribution in [3.8, 4) is 0 Å². The second kappa shape index (κ2) is 30.6. The quantitative estimate of drug-likeness (QED) is 0.163. The Bertz CT molecular complexity index is 1030. The fourth-order valence-electron chi connectivity index (χ4n) is 4.99. The largest absolute Gasteiger partial charge is 0.362 e. The lowest BCUT2D eigenvalue weighted by atomic mass is 9.89. The molecule has 1 aliphatic rings. The molecule has 1 saturated heterocycles. The number of nitrogens with zero attached hydrogens (tertiary/aromatic N) is 1. The van der Waals surface area contributed by atoms with E-state index in [0.717, 1.165) is 38.8 Å². The summed E-state index contributed by atoms with van der Waals surface area (Å²) in [5.41, 5.74) is 4.07. The van der Waals surface area contributed by atoms with E-state index in [1.807, 2.05) is 43.0 Å². The molecule has 0 aromatic heterocycles. The van der Waals surface area contributed by atoms with Gasteiger partial charge in [-0.05, 0) is 48.3 Å². The molecule has 0 spiro atoms. The molecule has 4 nitrogen and oxygen atoms in total. The second-order valence-electron chi connectivity index (χ2n) is 11.1. The second-order valence-corrected chi connectivity index (χ2v) is 11.1. The third-order valence-electron chi connectivity index (χ3n) is 7.67. The first-order valence-electron chi connectivity index (χ1n) is 17.6. The number of unbranched alkanes of at least 4 members (excludes halogenated alkanes) is 6. The predicted octanol–water partition coefficient (Wildman–Crippen LogP) is 10.4. The smallest absolute Gasteiger partial charge is 0.222 e. The number of carbonyl (C=O) groups is 2. The summed E-state index contributed by atoms with van der Waals surface area (Å²) in [6.07, 6.45) is 15.4. The highest BCUT2D eigenvalue weighted by Crippen LogP contribution is 2.28. The van der Waals surface area contributed by atoms with Crippen molar-refractivity contribution < 1.29 is 9.59 Å². The molecule has 0 aliphatic carbocycles. The third kappa shape index (κ3) is 21.9. The SMILES string of the molecule is CC.CCCCCCCCC.CCc1ccccc1.CNC=O.O=C(CCc1ccccc1)N1CCC(c2ccccc2)CC1. The summed E-state index contributed by atoms with van der Waals surface area (Å²) in [6.45, 7) is 12.5. The van der Waals surface area contributed by atoms with E-state index in [0.29, 0.717) is 24.7 Å². The summed E-state index contributed by atoms with van der Waals surface area (Å²) in [5, 5.41) is 2.25. The van der Waals surface area contributed by atoms with Crippen LogP contribution in [0.15, 0.2) is 91.0 Å². The first-order valence-corrected chi connectivity index (χ1v) is 17.6. The fraction of sp³-hybridized carbons (Fsp3) is 0.512. The zero-order valence-electron chi connectivity index (χ0n) is 29.5. The van der Waals surface area contributed by atoms with Gasteiger partial charge < -0.3 is 10.2 Å². The molecule has 4 heteroatoms. The van der Waals surface area contributed by atoms with Crippen LogP contribution in [0.3, 0.4) is 0 Å². The molecule has 4 rings (SSSR count). The van der Waals surface area contributed by atoms with Gasteiger partial charge in [-0.3, -0.25) is 9.59 Å². The van der Waals surface area contributed by atoms with Crippen LogP contribution in [0, 0.1) is 0 Å². The number of likely N-dealkylation sites (tertiary alicyclic amines) is 1. The van der Waals surface area contributed by atoms with Crippen LogP contribution in [0.1, 0.15) is 121 Å². The lowest BCUT2D eigenvalue weighted by Crippen LogP contribution is -2.38. The van der Waals surface area contributed by atoms with Crippen molar-refractivity contribution in [1.82, 2.24) is 10.2 Å². The zero-order chi connectivity index (χ0) is 33.4. The van der Waals surface area contributed by atoms with Crippen molar-refractivity contribution in [3.05, 3.63) is 108 Å². The van der Waals surface area contributed by atoms with Crippen LogP contribution in [-0.2, 0) is 22.4 Å². The average molecular weight is 617 g/mol. The Labute approximate surface area is 277 Å². The Morgan fingerprint density at radius 2 is 1.13 bits per heavy atom. The van der Waals surface area contributed by atoms with Gasteiger partial charge in [-0.15, -0.1) is 0 Å². The summed E-state index contributed by atoms with van der Waals surface area (Å²) in [5.74, 6) is 0.912. The Balaban J connectivity index is 0.000000694. The van der Waals surface area contributed by atoms with Crippen molar-refractivity contribution in [2.45, 2.75) is 118 Å². The third-order valence-corrected chi connectivity index (χ3v) is 7.67. The molecule has 45 heavy (non-hydrogen) atoms. The molecule has 1 fully saturated rings. The maximum atomic E-state index is 12.3. The topological polar surface area (TPSA) is 49.4 Å². The number of carbonyl (C=O) groups excluding carboxylic acids is 2. The molecule has 3 aromatic carbocycles. The van der Waals surface area contributed by atoms with Crippen molar-refractivity contribution >= 4 is 12.3 Å². The molecule has 0 unspecified atom stereocenters. The predicted molar refractivity (Wildman–Crippen MR) is 196 cm³/mol. The van der Waals surface area contributed by atoms with Gasteiger partial charge in [0.05, 0.1) is 0 Å². The van der Waals surface area contributed by atoms with Crippen LogP contribution in [0.2, 0.25) is 0 Å². The monoisotopic (exact) mass is 616 g/mol. The molecule has 0 bridgehead atoms. The van der Waals surface area contributed by atoms with Gasteiger partial charge in [-0.2, -0.15) is 0 Å². The number of aryl methyl sites for hydroxylation is 2. The van der Waals surface area contributed by atoms with Crippen LogP contribution in [-0.4, -0.2) is 37.4 Å². The van der Waals surface area contributed by atoms with Crippen LogP contribution in [0.5, 0.6) is 0 Å². The average Bonchev–Trinajstić information content (AvgIpc) is 3.13. The van der Waals surface area contributed by atoms with Gasteiger partial charge in [-0.25, -0.2) is 0 Å². The van der Waals surface area contributed by atoms with Crippen LogP contribution in [0.4, 0.5) is 0 Å². The van der Waals surface area contributed by atoms with Gasteiger partial charge in [0, 0.05) is 26.6 Å². The standard InChI is InChI=1S/C20H23NO.C9H20.C8H10.C2H5NO.C2H6/c22-20(12-11-17-7-3-1-4-8-17)21-15-13-19(14-16-21)18-9-5-2-6-10-18;1-3-5-7-9-8-6-4-2;1-2-8-6-4-3-5-7-8;1-3-2-4;1-2/h1-10,19H,11-16H2;3-9H2,1-2H3;3-7H,2H2,1H3;2H,1H3,(H,3,4);1-2H3. The van der Waals surface area contributed by atoms with Crippen LogP contribution >= 0.6 is 0 Å². The van der Waals surface area contributed by atoms with Crippen molar-refractivity contribution in [3.63, 3.8) is 0 Å². The fourth-order valence-corrected chi connectivity index (χ4v) is 4.99. The first-order chi connectivity index (χ1) is 22.1. The number of benzene rings is 3. The highest BCUT2D eigenvalue weighted by molar-refractivity contribution is 5.76. The molecule has 0 atom stereocenters. The van der Waals surface area contributed by atoms with E-state index < -0.39 is 0 Å². The Morgan fingerprint density at radius 3 is 1.53 bits per heavy atom. The summed E-state index contributed by atoms with van der Waals surface area (Å²) in [6, 6.07) is 31.4. The van der Waals surface area contributed by atoms with Crippen LogP contribution < -0.4 is 5.32 Å². The number of hydrogen-bond donors (Lipinski definition) is 1. The van der Waals surface area contributed by atoms with Gasteiger partial charge in [0.25, 0.3) is 0 Å². The Kier molecular flexibility index (Phi) is 28.3. The van der Waals surface area contributed by atoms with Gasteiger partial charge in [0.2, 0.25) is 12.3 Å². The van der Waals surface area contributed by atoms with E-state index >= 15 is 0 Å². The normalized spacial score (nSPS) is 11.9. The van der Waals surface area contributed by atoms with E-state index in [-0.39, 0.29) is 0 Å². The molecule has 1 heterocycles. The minimum absolute atomic E-state index is 0.301. The molecule has 0 saturated carbocycles. The lowest BCUT2D eigenvalue weighted by molar-refractivity contribution is -0.132. The summed E-state index contributed by atoms with van der Waals surface area (Å²) in [4.78, 5) is 23.4. The molecule has 250 valence electrons. The minimum atomic E-state index is 0.301. The lowest BCUT2D eigenvalue weighted by Gasteiger charge is -2.32. The van der Waals surface area contributed by atoms with Crippen molar-refractivity contribution in [2.75, 3.05) is 20.1 Å². The number of hydrogen-bond acceptors (Lipinski definition) is 2. The van der Waals surface area contributed by atoms with Crippen molar-refractivity contribution in [2.24, 2.45) is 0 Å². The molecule has 3 aromatic rings. The maximum Gasteiger partial charge on any atom is 0.222 e. The highest BCUT2D eigenvalue weighted by atomic mass is 16.2. The van der Waals surface area contributed by atoms with E-state index in [2.05, 4.69) is 92.8 Å². The maximum absolute atomic E-state index is 12.3. The molecule has 1 N–H and O–H groups in total. The van der Waals surface area contributed by atoms with Gasteiger partial charge in [0.1, 0.15) is 0 Å². The number of amides is 2. The van der Waals surface area contributed by atoms with E-state index in [9.17, 15) is 4.79 Å². The summed E-state index contributed by atoms with van der Waals surface area (Å²) >= 11 is 0. The van der Waals surface area contributed by atoms with Crippen molar-refractivity contribution in [1.29, 1.82) is 0 Å². The zero-order valence-corrected chi connectivity index (χ0v) is 29.5. The molecule has 1 aliphatic heterocycles. The number of nitrogens with one attached hydrogen (secondary N) is 1. The molecule has 0 radical (unpaired) electrons. The van der Waals surface area contributed by atoms with Gasteiger partial charge >= 0.3 is 0 Å². The van der Waals surface area contributed by atoms with E-state index in [4.69, 9.17) is 4.79 Å². The molecule has 2 amide bonds. The molecular formula is C41H64N2O2. The first kappa shape index (κ1) is 41.6. The van der Waals surface area contributed by atoms with Gasteiger partial charge in [0.15, 0.2) is 0 Å². The van der Waals surface area contributed by atoms with E-state index in [1.54, 1.807) is 7.05 Å². The number of rotatable bonds is 12. The van der Waals surface area contributed by atoms with Crippen LogP contribution in [0.25, 0.3) is 0 Å². The highest BCUT2D eigenvalue weighted by Gasteiger charge is 2.23. The van der Waals surface area contributed by atoms with Gasteiger partial charge in [-0.1, -0.05) is 171 Å². The Hall–Kier alpha value is -3.40. The summed E-state index contributed by atoms with van der Waals surface area (Å²) < 4.78 is 0. The molecular weight excluding hydrogens is 552 g/mol. The minimum Gasteiger partial charge on any atom is -0.362 e. The van der Waals surface area contributed by atoms with E-state index in [1.165, 1.54) is 61.6 Å². The summed E-state index contributed by atoms with van der Waals surface area (Å²) in [7, 11) is 1.56. The number of piperidine rings is 1.